The molecule has 0 N–H and O–H groups in total. The minimum Gasteiger partial charge on any atom is -0.0843 e. The minimum atomic E-state index is 0.187. The molecule has 0 saturated carbocycles. The van der Waals surface area contributed by atoms with Crippen LogP contribution >= 0.6 is 11.6 Å². The van der Waals surface area contributed by atoms with Crippen LogP contribution in [0.5, 0.6) is 0 Å². The van der Waals surface area contributed by atoms with Crippen LogP contribution in [0.3, 0.4) is 0 Å². The first-order valence-corrected chi connectivity index (χ1v) is 36.4. The summed E-state index contributed by atoms with van der Waals surface area (Å²) >= 11 is 5.95. The molecule has 0 unspecified atom stereocenters. The molecular weight excluding hydrogens is 1210 g/mol. The van der Waals surface area contributed by atoms with Crippen molar-refractivity contribution in [3.8, 4) is 44.5 Å². The normalized spacial score (nSPS) is 10.8. The summed E-state index contributed by atoms with van der Waals surface area (Å²) in [4.78, 5) is 0. The molecule has 0 aliphatic rings. The third-order valence-electron chi connectivity index (χ3n) is 16.5. The fourth-order valence-corrected chi connectivity index (χ4v) is 10.9. The van der Waals surface area contributed by atoms with E-state index in [-0.39, 0.29) is 16.2 Å². The van der Waals surface area contributed by atoms with Gasteiger partial charge in [0.1, 0.15) is 0 Å². The molecule has 12 rings (SSSR count). The van der Waals surface area contributed by atoms with Crippen molar-refractivity contribution in [1.29, 1.82) is 0 Å². The molecule has 0 spiro atoms. The van der Waals surface area contributed by atoms with E-state index >= 15 is 0 Å². The molecule has 99 heavy (non-hydrogen) atoms. The Morgan fingerprint density at radius 1 is 0.232 bits per heavy atom. The summed E-state index contributed by atoms with van der Waals surface area (Å²) in [6, 6.07) is 111. The van der Waals surface area contributed by atoms with Gasteiger partial charge in [-0.2, -0.15) is 0 Å². The van der Waals surface area contributed by atoms with Crippen LogP contribution < -0.4 is 0 Å². The Morgan fingerprint density at radius 3 is 0.889 bits per heavy atom. The molecule has 12 aromatic carbocycles. The zero-order valence-corrected chi connectivity index (χ0v) is 65.1. The summed E-state index contributed by atoms with van der Waals surface area (Å²) in [6.07, 6.45) is 2.19. The fourth-order valence-electron chi connectivity index (χ4n) is 10.7. The third kappa shape index (κ3) is 28.9. The standard InChI is InChI=1S/2C16H18.C14H13Cl.C14H16.C14H14.2C10H14.2C2H6/c1-16(2,3)15-12-8-7-11-14(15)13-9-5-4-6-10-13;1-16(2,3)15-11-9-14(10-12-15)13-7-5-4-6-8-13;1-2-11-6-8-12(9-7-11)13-4-3-5-14(15)10-13;1-14(2,3)13-10-6-8-11-7-4-5-9-12(11)13;1-2-12-8-10-14(11-9-12)13-6-4-3-5-7-13;2*1-10(2,3)9-7-5-4-6-8-9;2*1-2/h2*4-12H,1-3H3;3-10H,2H2,1H3;4-10H,1-3H3;3-11H,2H2,1H3;2*4-8H,1-3H3;2*1-2H3. The molecule has 0 aliphatic carbocycles. The highest BCUT2D eigenvalue weighted by Crippen LogP contribution is 2.34. The number of hydrogen-bond acceptors (Lipinski definition) is 0. The number of rotatable bonds is 6. The predicted octanol–water partition coefficient (Wildman–Crippen LogP) is 29.9. The number of aryl methyl sites for hydroxylation is 2. The van der Waals surface area contributed by atoms with Gasteiger partial charge in [-0.25, -0.2) is 0 Å². The lowest BCUT2D eigenvalue weighted by molar-refractivity contribution is 0.590. The molecule has 0 saturated heterocycles. The summed E-state index contributed by atoms with van der Waals surface area (Å²) in [5.41, 5.74) is 21.2. The summed E-state index contributed by atoms with van der Waals surface area (Å²) in [5, 5.41) is 3.49. The SMILES string of the molecule is CC.CC.CC(C)(C)c1ccc(-c2ccccc2)cc1.CC(C)(C)c1cccc2ccccc12.CC(C)(C)c1ccccc1.CC(C)(C)c1ccccc1.CC(C)(C)c1ccccc1-c1ccccc1.CCc1ccc(-c2cccc(Cl)c2)cc1.CCc1ccc(-c2ccccc2)cc1. The molecule has 12 aromatic rings. The maximum atomic E-state index is 5.95. The van der Waals surface area contributed by atoms with Crippen molar-refractivity contribution < 1.29 is 0 Å². The van der Waals surface area contributed by atoms with Gasteiger partial charge in [-0.1, -0.05) is 460 Å². The molecule has 0 fully saturated rings. The van der Waals surface area contributed by atoms with Crippen LogP contribution in [0.25, 0.3) is 55.3 Å². The Morgan fingerprint density at radius 2 is 0.515 bits per heavy atom. The fraction of sp³-hybridized carbons (Fsp3) is 0.286. The van der Waals surface area contributed by atoms with Crippen molar-refractivity contribution in [2.24, 2.45) is 0 Å². The van der Waals surface area contributed by atoms with Crippen molar-refractivity contribution in [1.82, 2.24) is 0 Å². The number of fused-ring (bicyclic) bond motifs is 1. The van der Waals surface area contributed by atoms with Gasteiger partial charge in [0.05, 0.1) is 0 Å². The van der Waals surface area contributed by atoms with E-state index in [9.17, 15) is 0 Å². The molecule has 0 radical (unpaired) electrons. The van der Waals surface area contributed by atoms with Crippen LogP contribution in [-0.4, -0.2) is 0 Å². The maximum Gasteiger partial charge on any atom is 0.0412 e. The highest BCUT2D eigenvalue weighted by atomic mass is 35.5. The highest BCUT2D eigenvalue weighted by Gasteiger charge is 2.19. The Bertz CT molecular complexity index is 4020. The molecule has 1 heteroatoms. The van der Waals surface area contributed by atoms with Gasteiger partial charge in [-0.3, -0.25) is 0 Å². The second kappa shape index (κ2) is 41.6. The van der Waals surface area contributed by atoms with Crippen LogP contribution in [-0.2, 0) is 39.9 Å². The van der Waals surface area contributed by atoms with Crippen LogP contribution in [0.2, 0.25) is 5.02 Å². The average molecular weight is 1330 g/mol. The molecular formula is C98H119Cl. The van der Waals surface area contributed by atoms with Crippen LogP contribution in [0.15, 0.2) is 315 Å². The number of hydrogen-bond donors (Lipinski definition) is 0. The first kappa shape index (κ1) is 82.6. The molecule has 0 atom stereocenters. The molecule has 0 bridgehead atoms. The van der Waals surface area contributed by atoms with Crippen molar-refractivity contribution in [3.05, 3.63) is 359 Å². The van der Waals surface area contributed by atoms with Crippen molar-refractivity contribution in [2.45, 2.75) is 185 Å². The van der Waals surface area contributed by atoms with E-state index in [1.165, 1.54) is 94.2 Å². The summed E-state index contributed by atoms with van der Waals surface area (Å²) in [5.74, 6) is 0. The van der Waals surface area contributed by atoms with E-state index in [1.807, 2.05) is 58.0 Å². The van der Waals surface area contributed by atoms with E-state index < -0.39 is 0 Å². The van der Waals surface area contributed by atoms with Gasteiger partial charge in [0, 0.05) is 5.02 Å². The van der Waals surface area contributed by atoms with E-state index in [2.05, 4.69) is 403 Å². The van der Waals surface area contributed by atoms with Crippen molar-refractivity contribution in [2.75, 3.05) is 0 Å². The largest absolute Gasteiger partial charge is 0.0843 e. The zero-order valence-electron chi connectivity index (χ0n) is 64.3. The first-order chi connectivity index (χ1) is 47.1. The topological polar surface area (TPSA) is 0 Å². The minimum absolute atomic E-state index is 0.187. The lowest BCUT2D eigenvalue weighted by atomic mass is 9.82. The predicted molar refractivity (Wildman–Crippen MR) is 444 cm³/mol. The van der Waals surface area contributed by atoms with Crippen molar-refractivity contribution >= 4 is 22.4 Å². The number of halogens is 1. The monoisotopic (exact) mass is 1330 g/mol. The molecule has 518 valence electrons. The van der Waals surface area contributed by atoms with Crippen LogP contribution in [0.4, 0.5) is 0 Å². The summed E-state index contributed by atoms with van der Waals surface area (Å²) in [7, 11) is 0. The second-order valence-electron chi connectivity index (χ2n) is 29.3. The van der Waals surface area contributed by atoms with Gasteiger partial charge in [0.15, 0.2) is 0 Å². The first-order valence-electron chi connectivity index (χ1n) is 36.0. The molecule has 0 aromatic heterocycles. The number of benzene rings is 12. The van der Waals surface area contributed by atoms with Gasteiger partial charge in [0.2, 0.25) is 0 Å². The Labute approximate surface area is 607 Å². The Kier molecular flexibility index (Phi) is 34.7. The second-order valence-corrected chi connectivity index (χ2v) is 29.8. The molecule has 0 heterocycles. The van der Waals surface area contributed by atoms with E-state index in [4.69, 9.17) is 11.6 Å². The lowest BCUT2D eigenvalue weighted by Gasteiger charge is -2.23. The van der Waals surface area contributed by atoms with Crippen molar-refractivity contribution in [3.63, 3.8) is 0 Å². The highest BCUT2D eigenvalue weighted by molar-refractivity contribution is 6.30. The molecule has 0 amide bonds. The smallest absolute Gasteiger partial charge is 0.0412 e. The van der Waals surface area contributed by atoms with Gasteiger partial charge in [0.25, 0.3) is 0 Å². The summed E-state index contributed by atoms with van der Waals surface area (Å²) in [6.45, 7) is 46.0. The molecule has 0 nitrogen and oxygen atoms in total. The van der Waals surface area contributed by atoms with E-state index in [0.29, 0.717) is 10.8 Å². The van der Waals surface area contributed by atoms with E-state index in [0.717, 1.165) is 17.9 Å². The summed E-state index contributed by atoms with van der Waals surface area (Å²) < 4.78 is 0. The van der Waals surface area contributed by atoms with E-state index in [1.54, 1.807) is 0 Å². The quantitative estimate of drug-likeness (QED) is 0.156. The Balaban J connectivity index is 0.000000244. The lowest BCUT2D eigenvalue weighted by Crippen LogP contribution is -2.12. The maximum absolute atomic E-state index is 5.95. The van der Waals surface area contributed by atoms with Crippen LogP contribution in [0, 0.1) is 0 Å². The average Bonchev–Trinajstić information content (AvgIpc) is 0.815. The Hall–Kier alpha value is -8.81. The molecule has 0 aliphatic heterocycles. The van der Waals surface area contributed by atoms with Gasteiger partial charge in [-0.05, 0) is 146 Å². The van der Waals surface area contributed by atoms with Gasteiger partial charge in [-0.15, -0.1) is 0 Å². The zero-order chi connectivity index (χ0) is 73.1. The van der Waals surface area contributed by atoms with Gasteiger partial charge >= 0.3 is 0 Å². The third-order valence-corrected chi connectivity index (χ3v) is 16.8. The van der Waals surface area contributed by atoms with Crippen LogP contribution in [0.1, 0.15) is 184 Å². The van der Waals surface area contributed by atoms with Gasteiger partial charge < -0.3 is 0 Å².